The van der Waals surface area contributed by atoms with Gasteiger partial charge in [-0.25, -0.2) is 4.98 Å². The molecule has 0 aliphatic heterocycles. The molecule has 0 spiro atoms. The number of carboxylic acid groups (broad SMARTS) is 1. The zero-order chi connectivity index (χ0) is 13.4. The number of rotatable bonds is 2. The minimum atomic E-state index is -1.22. The summed E-state index contributed by atoms with van der Waals surface area (Å²) in [6, 6.07) is 10.4. The molecule has 0 atom stereocenters. The molecule has 0 aliphatic carbocycles. The number of fused-ring (bicyclic) bond motifs is 1. The van der Waals surface area contributed by atoms with Crippen molar-refractivity contribution in [2.45, 2.75) is 6.92 Å². The largest absolute Gasteiger partial charge is 1.00 e. The van der Waals surface area contributed by atoms with Crippen LogP contribution >= 0.6 is 0 Å². The number of aryl methyl sites for hydroxylation is 1. The standard InChI is InChI=1S/C15H11NO3.K/c1-9-4-5-12-10(7-9)11(15(17)18)8-13(16-12)14-3-2-6-19-14;/h2-8H,1H3,(H,17,18);/q;+1/p-1. The predicted molar refractivity (Wildman–Crippen MR) is 68.5 cm³/mol. The molecule has 0 saturated carbocycles. The van der Waals surface area contributed by atoms with Crippen molar-refractivity contribution in [1.29, 1.82) is 0 Å². The molecule has 3 aromatic rings. The van der Waals surface area contributed by atoms with Gasteiger partial charge in [-0.2, -0.15) is 0 Å². The van der Waals surface area contributed by atoms with Crippen LogP contribution in [0.15, 0.2) is 47.1 Å². The molecule has 0 N–H and O–H groups in total. The Balaban J connectivity index is 0.00000147. The van der Waals surface area contributed by atoms with Gasteiger partial charge in [0.05, 0.1) is 17.7 Å². The third-order valence-corrected chi connectivity index (χ3v) is 2.96. The van der Waals surface area contributed by atoms with Crippen LogP contribution in [0.2, 0.25) is 0 Å². The van der Waals surface area contributed by atoms with E-state index < -0.39 is 5.97 Å². The second-order valence-electron chi connectivity index (χ2n) is 4.34. The summed E-state index contributed by atoms with van der Waals surface area (Å²) in [5, 5.41) is 11.9. The van der Waals surface area contributed by atoms with Crippen molar-refractivity contribution in [3.63, 3.8) is 0 Å². The van der Waals surface area contributed by atoms with E-state index in [1.54, 1.807) is 24.3 Å². The maximum absolute atomic E-state index is 11.3. The maximum Gasteiger partial charge on any atom is 1.00 e. The average Bonchev–Trinajstić information content (AvgIpc) is 2.91. The topological polar surface area (TPSA) is 66.2 Å². The van der Waals surface area contributed by atoms with Crippen LogP contribution in [0.3, 0.4) is 0 Å². The number of aromatic carboxylic acids is 1. The molecule has 0 fully saturated rings. The zero-order valence-corrected chi connectivity index (χ0v) is 14.3. The van der Waals surface area contributed by atoms with Crippen molar-refractivity contribution in [3.05, 3.63) is 53.8 Å². The summed E-state index contributed by atoms with van der Waals surface area (Å²) in [5.41, 5.74) is 2.20. The van der Waals surface area contributed by atoms with E-state index in [-0.39, 0.29) is 56.9 Å². The van der Waals surface area contributed by atoms with Gasteiger partial charge in [0, 0.05) is 10.9 Å². The van der Waals surface area contributed by atoms with Gasteiger partial charge < -0.3 is 14.3 Å². The first-order chi connectivity index (χ1) is 9.15. The quantitative estimate of drug-likeness (QED) is 0.578. The molecule has 0 saturated heterocycles. The van der Waals surface area contributed by atoms with Crippen LogP contribution in [0.5, 0.6) is 0 Å². The molecule has 20 heavy (non-hydrogen) atoms. The molecule has 3 rings (SSSR count). The van der Waals surface area contributed by atoms with Crippen molar-refractivity contribution in [2.75, 3.05) is 0 Å². The summed E-state index contributed by atoms with van der Waals surface area (Å²) in [6.45, 7) is 1.90. The van der Waals surface area contributed by atoms with Gasteiger partial charge in [-0.1, -0.05) is 11.6 Å². The van der Waals surface area contributed by atoms with E-state index in [4.69, 9.17) is 4.42 Å². The molecule has 5 heteroatoms. The Morgan fingerprint density at radius 1 is 1.25 bits per heavy atom. The second-order valence-corrected chi connectivity index (χ2v) is 4.34. The third kappa shape index (κ3) is 2.87. The number of hydrogen-bond acceptors (Lipinski definition) is 4. The Kier molecular flexibility index (Phi) is 4.77. The molecule has 0 amide bonds. The number of pyridine rings is 1. The van der Waals surface area contributed by atoms with E-state index in [2.05, 4.69) is 4.98 Å². The number of furan rings is 1. The number of hydrogen-bond donors (Lipinski definition) is 0. The first-order valence-corrected chi connectivity index (χ1v) is 5.82. The van der Waals surface area contributed by atoms with Gasteiger partial charge in [0.15, 0.2) is 5.76 Å². The van der Waals surface area contributed by atoms with Gasteiger partial charge in [-0.05, 0) is 37.3 Å². The molecular weight excluding hydrogens is 281 g/mol. The fourth-order valence-electron chi connectivity index (χ4n) is 2.06. The first kappa shape index (κ1) is 15.4. The van der Waals surface area contributed by atoms with Gasteiger partial charge >= 0.3 is 51.4 Å². The van der Waals surface area contributed by atoms with Crippen LogP contribution < -0.4 is 56.5 Å². The Hall–Kier alpha value is -0.984. The number of carbonyl (C=O) groups excluding carboxylic acids is 1. The molecule has 1 aromatic carbocycles. The molecule has 0 bridgehead atoms. The van der Waals surface area contributed by atoms with Crippen molar-refractivity contribution in [3.8, 4) is 11.5 Å². The molecular formula is C15H10KNO3. The smallest absolute Gasteiger partial charge is 0.545 e. The van der Waals surface area contributed by atoms with Crippen LogP contribution in [0.25, 0.3) is 22.4 Å². The van der Waals surface area contributed by atoms with E-state index in [0.29, 0.717) is 22.4 Å². The molecule has 0 aliphatic rings. The van der Waals surface area contributed by atoms with Crippen LogP contribution in [-0.4, -0.2) is 11.0 Å². The molecule has 2 heterocycles. The average molecular weight is 291 g/mol. The summed E-state index contributed by atoms with van der Waals surface area (Å²) in [6.07, 6.45) is 1.52. The van der Waals surface area contributed by atoms with Crippen molar-refractivity contribution in [1.82, 2.24) is 4.98 Å². The number of carbonyl (C=O) groups is 1. The predicted octanol–water partition coefficient (Wildman–Crippen LogP) is -0.829. The van der Waals surface area contributed by atoms with Crippen molar-refractivity contribution in [2.24, 2.45) is 0 Å². The second kappa shape index (κ2) is 6.20. The van der Waals surface area contributed by atoms with Crippen LogP contribution in [-0.2, 0) is 0 Å². The Morgan fingerprint density at radius 2 is 2.05 bits per heavy atom. The number of aromatic nitrogens is 1. The number of carboxylic acids is 1. The fourth-order valence-corrected chi connectivity index (χ4v) is 2.06. The Labute approximate surface area is 158 Å². The van der Waals surface area contributed by atoms with E-state index in [0.717, 1.165) is 5.56 Å². The summed E-state index contributed by atoms with van der Waals surface area (Å²) >= 11 is 0. The van der Waals surface area contributed by atoms with E-state index in [9.17, 15) is 9.90 Å². The monoisotopic (exact) mass is 291 g/mol. The summed E-state index contributed by atoms with van der Waals surface area (Å²) in [4.78, 5) is 15.7. The normalized spacial score (nSPS) is 10.2. The van der Waals surface area contributed by atoms with Gasteiger partial charge in [-0.3, -0.25) is 0 Å². The zero-order valence-electron chi connectivity index (χ0n) is 11.2. The van der Waals surface area contributed by atoms with E-state index in [1.807, 2.05) is 13.0 Å². The van der Waals surface area contributed by atoms with Crippen molar-refractivity contribution >= 4 is 16.9 Å². The minimum absolute atomic E-state index is 0. The molecule has 94 valence electrons. The van der Waals surface area contributed by atoms with Crippen LogP contribution in [0.1, 0.15) is 15.9 Å². The molecule has 0 unspecified atom stereocenters. The number of benzene rings is 1. The maximum atomic E-state index is 11.3. The first-order valence-electron chi connectivity index (χ1n) is 5.82. The van der Waals surface area contributed by atoms with Crippen molar-refractivity contribution < 1.29 is 65.7 Å². The van der Waals surface area contributed by atoms with Gasteiger partial charge in [0.25, 0.3) is 0 Å². The van der Waals surface area contributed by atoms with E-state index >= 15 is 0 Å². The Morgan fingerprint density at radius 3 is 2.70 bits per heavy atom. The summed E-state index contributed by atoms with van der Waals surface area (Å²) in [5.74, 6) is -0.684. The SMILES string of the molecule is Cc1ccc2nc(-c3ccco3)cc(C(=O)[O-])c2c1.[K+]. The summed E-state index contributed by atoms with van der Waals surface area (Å²) < 4.78 is 5.25. The Bertz CT molecular complexity index is 766. The van der Waals surface area contributed by atoms with Gasteiger partial charge in [-0.15, -0.1) is 0 Å². The summed E-state index contributed by atoms with van der Waals surface area (Å²) in [7, 11) is 0. The van der Waals surface area contributed by atoms with Crippen LogP contribution in [0, 0.1) is 6.92 Å². The molecule has 0 radical (unpaired) electrons. The van der Waals surface area contributed by atoms with Gasteiger partial charge in [0.2, 0.25) is 0 Å². The molecule has 2 aromatic heterocycles. The number of nitrogens with zero attached hydrogens (tertiary/aromatic N) is 1. The fraction of sp³-hybridized carbons (Fsp3) is 0.0667. The third-order valence-electron chi connectivity index (χ3n) is 2.96. The van der Waals surface area contributed by atoms with Gasteiger partial charge in [0.1, 0.15) is 5.69 Å². The van der Waals surface area contributed by atoms with Crippen LogP contribution in [0.4, 0.5) is 0 Å². The molecule has 4 nitrogen and oxygen atoms in total. The van der Waals surface area contributed by atoms with E-state index in [1.165, 1.54) is 12.3 Å². The minimum Gasteiger partial charge on any atom is -0.545 e.